The molecule has 0 atom stereocenters. The molecule has 0 saturated carbocycles. The van der Waals surface area contributed by atoms with Gasteiger partial charge in [0.25, 0.3) is 5.92 Å². The lowest BCUT2D eigenvalue weighted by atomic mass is 9.84. The third kappa shape index (κ3) is 3.24. The summed E-state index contributed by atoms with van der Waals surface area (Å²) < 4.78 is 54.4. The van der Waals surface area contributed by atoms with Gasteiger partial charge in [-0.3, -0.25) is 4.79 Å². The van der Waals surface area contributed by atoms with E-state index in [4.69, 9.17) is 5.11 Å². The third-order valence-corrected chi connectivity index (χ3v) is 2.89. The van der Waals surface area contributed by atoms with Gasteiger partial charge in [-0.1, -0.05) is 0 Å². The maximum Gasteiger partial charge on any atom is 0.309 e. The van der Waals surface area contributed by atoms with E-state index in [1.54, 1.807) is 0 Å². The van der Waals surface area contributed by atoms with Crippen molar-refractivity contribution in [1.29, 1.82) is 0 Å². The number of aliphatic carboxylic acids is 1. The SMILES string of the molecule is Cc1cc(C(F)(F)CC(C)(C)C(=O)O)c(F)cc1F. The molecule has 1 aromatic carbocycles. The number of aryl methyl sites for hydroxylation is 1. The number of hydrogen-bond donors (Lipinski definition) is 1. The van der Waals surface area contributed by atoms with E-state index in [-0.39, 0.29) is 5.56 Å². The molecular weight excluding hydrogens is 264 g/mol. The van der Waals surface area contributed by atoms with Gasteiger partial charge in [0.15, 0.2) is 0 Å². The first kappa shape index (κ1) is 15.5. The molecule has 1 aromatic rings. The van der Waals surface area contributed by atoms with Crippen LogP contribution in [0.15, 0.2) is 12.1 Å². The first-order valence-electron chi connectivity index (χ1n) is 5.55. The van der Waals surface area contributed by atoms with Gasteiger partial charge < -0.3 is 5.11 Å². The number of rotatable bonds is 4. The molecule has 0 spiro atoms. The molecule has 0 aliphatic rings. The van der Waals surface area contributed by atoms with Crippen LogP contribution in [-0.2, 0) is 10.7 Å². The minimum absolute atomic E-state index is 0.121. The van der Waals surface area contributed by atoms with E-state index in [9.17, 15) is 22.4 Å². The Bertz CT molecular complexity index is 510. The smallest absolute Gasteiger partial charge is 0.309 e. The van der Waals surface area contributed by atoms with Crippen molar-refractivity contribution in [1.82, 2.24) is 0 Å². The quantitative estimate of drug-likeness (QED) is 0.849. The Morgan fingerprint density at radius 1 is 1.21 bits per heavy atom. The minimum Gasteiger partial charge on any atom is -0.481 e. The number of benzene rings is 1. The van der Waals surface area contributed by atoms with Gasteiger partial charge in [-0.2, -0.15) is 0 Å². The molecule has 0 fully saturated rings. The Kier molecular flexibility index (Phi) is 3.93. The van der Waals surface area contributed by atoms with Gasteiger partial charge in [0.1, 0.15) is 11.6 Å². The van der Waals surface area contributed by atoms with Gasteiger partial charge in [-0.15, -0.1) is 0 Å². The van der Waals surface area contributed by atoms with Crippen LogP contribution in [0.25, 0.3) is 0 Å². The Labute approximate surface area is 108 Å². The van der Waals surface area contributed by atoms with Crippen molar-refractivity contribution in [3.63, 3.8) is 0 Å². The molecule has 0 unspecified atom stereocenters. The van der Waals surface area contributed by atoms with Crippen molar-refractivity contribution in [2.45, 2.75) is 33.1 Å². The molecule has 6 heteroatoms. The van der Waals surface area contributed by atoms with E-state index in [1.807, 2.05) is 0 Å². The summed E-state index contributed by atoms with van der Waals surface area (Å²) in [5.74, 6) is -7.40. The molecule has 19 heavy (non-hydrogen) atoms. The molecule has 0 bridgehead atoms. The van der Waals surface area contributed by atoms with Gasteiger partial charge in [0, 0.05) is 12.5 Å². The molecule has 1 N–H and O–H groups in total. The number of carboxylic acids is 1. The molecule has 0 aromatic heterocycles. The summed E-state index contributed by atoms with van der Waals surface area (Å²) in [6.07, 6.45) is -1.07. The van der Waals surface area contributed by atoms with E-state index < -0.39 is 40.9 Å². The predicted octanol–water partition coefficient (Wildman–Crippen LogP) is 3.87. The van der Waals surface area contributed by atoms with E-state index in [0.717, 1.165) is 13.8 Å². The Balaban J connectivity index is 3.21. The zero-order chi connectivity index (χ0) is 15.0. The number of alkyl halides is 2. The summed E-state index contributed by atoms with van der Waals surface area (Å²) >= 11 is 0. The van der Waals surface area contributed by atoms with Crippen LogP contribution in [0.4, 0.5) is 17.6 Å². The summed E-state index contributed by atoms with van der Waals surface area (Å²) in [5, 5.41) is 8.83. The van der Waals surface area contributed by atoms with E-state index in [0.29, 0.717) is 12.1 Å². The molecule has 0 aliphatic heterocycles. The van der Waals surface area contributed by atoms with Gasteiger partial charge in [-0.25, -0.2) is 17.6 Å². The molecule has 1 rings (SSSR count). The van der Waals surface area contributed by atoms with Gasteiger partial charge >= 0.3 is 5.97 Å². The van der Waals surface area contributed by atoms with E-state index in [2.05, 4.69) is 0 Å². The molecule has 0 aliphatic carbocycles. The zero-order valence-corrected chi connectivity index (χ0v) is 10.7. The van der Waals surface area contributed by atoms with Crippen molar-refractivity contribution in [3.05, 3.63) is 34.9 Å². The monoisotopic (exact) mass is 278 g/mol. The number of carbonyl (C=O) groups is 1. The second kappa shape index (κ2) is 4.83. The van der Waals surface area contributed by atoms with Crippen LogP contribution >= 0.6 is 0 Å². The second-order valence-corrected chi connectivity index (χ2v) is 5.15. The summed E-state index contributed by atoms with van der Waals surface area (Å²) in [6.45, 7) is 3.48. The number of carboxylic acid groups (broad SMARTS) is 1. The lowest BCUT2D eigenvalue weighted by molar-refractivity contribution is -0.153. The van der Waals surface area contributed by atoms with Crippen molar-refractivity contribution in [2.75, 3.05) is 0 Å². The Hall–Kier alpha value is -1.59. The van der Waals surface area contributed by atoms with Gasteiger partial charge in [-0.05, 0) is 32.4 Å². The number of halogens is 4. The highest BCUT2D eigenvalue weighted by molar-refractivity contribution is 5.73. The number of hydrogen-bond acceptors (Lipinski definition) is 1. The highest BCUT2D eigenvalue weighted by Crippen LogP contribution is 2.41. The molecule has 106 valence electrons. The predicted molar refractivity (Wildman–Crippen MR) is 61.0 cm³/mol. The fourth-order valence-corrected chi connectivity index (χ4v) is 1.66. The summed E-state index contributed by atoms with van der Waals surface area (Å²) in [7, 11) is 0. The lowest BCUT2D eigenvalue weighted by Crippen LogP contribution is -2.31. The molecule has 0 amide bonds. The summed E-state index contributed by atoms with van der Waals surface area (Å²) in [6, 6.07) is 1.09. The van der Waals surface area contributed by atoms with Crippen LogP contribution in [0, 0.1) is 24.0 Å². The van der Waals surface area contributed by atoms with Crippen molar-refractivity contribution in [2.24, 2.45) is 5.41 Å². The van der Waals surface area contributed by atoms with Crippen LogP contribution in [0.2, 0.25) is 0 Å². The average Bonchev–Trinajstić information content (AvgIpc) is 2.21. The minimum atomic E-state index is -3.69. The molecule has 2 nitrogen and oxygen atoms in total. The molecule has 0 heterocycles. The maximum absolute atomic E-state index is 14.0. The largest absolute Gasteiger partial charge is 0.481 e. The highest BCUT2D eigenvalue weighted by Gasteiger charge is 2.44. The fourth-order valence-electron chi connectivity index (χ4n) is 1.66. The average molecular weight is 278 g/mol. The second-order valence-electron chi connectivity index (χ2n) is 5.15. The fraction of sp³-hybridized carbons (Fsp3) is 0.462. The topological polar surface area (TPSA) is 37.3 Å². The van der Waals surface area contributed by atoms with Crippen LogP contribution in [0.1, 0.15) is 31.4 Å². The van der Waals surface area contributed by atoms with Crippen molar-refractivity contribution in [3.8, 4) is 0 Å². The van der Waals surface area contributed by atoms with Gasteiger partial charge in [0.05, 0.1) is 11.0 Å². The molecule has 0 saturated heterocycles. The normalized spacial score (nSPS) is 12.6. The van der Waals surface area contributed by atoms with Crippen molar-refractivity contribution >= 4 is 5.97 Å². The Morgan fingerprint density at radius 2 is 1.74 bits per heavy atom. The first-order chi connectivity index (χ1) is 8.47. The lowest BCUT2D eigenvalue weighted by Gasteiger charge is -2.26. The van der Waals surface area contributed by atoms with E-state index >= 15 is 0 Å². The van der Waals surface area contributed by atoms with Gasteiger partial charge in [0.2, 0.25) is 0 Å². The van der Waals surface area contributed by atoms with Crippen LogP contribution in [0.5, 0.6) is 0 Å². The summed E-state index contributed by atoms with van der Waals surface area (Å²) in [4.78, 5) is 10.8. The molecular formula is C13H14F4O2. The van der Waals surface area contributed by atoms with Crippen LogP contribution in [-0.4, -0.2) is 11.1 Å². The highest BCUT2D eigenvalue weighted by atomic mass is 19.3. The molecule has 0 radical (unpaired) electrons. The third-order valence-electron chi connectivity index (χ3n) is 2.89. The standard InChI is InChI=1S/C13H14F4O2/c1-7-4-8(10(15)5-9(7)14)13(16,17)6-12(2,3)11(18)19/h4-5H,6H2,1-3H3,(H,18,19). The van der Waals surface area contributed by atoms with Crippen LogP contribution in [0.3, 0.4) is 0 Å². The zero-order valence-electron chi connectivity index (χ0n) is 10.7. The van der Waals surface area contributed by atoms with Crippen molar-refractivity contribution < 1.29 is 27.5 Å². The summed E-state index contributed by atoms with van der Waals surface area (Å²) in [5.41, 5.74) is -2.83. The maximum atomic E-state index is 14.0. The first-order valence-corrected chi connectivity index (χ1v) is 5.55. The Morgan fingerprint density at radius 3 is 2.21 bits per heavy atom. The van der Waals surface area contributed by atoms with Crippen LogP contribution < -0.4 is 0 Å². The van der Waals surface area contributed by atoms with E-state index in [1.165, 1.54) is 6.92 Å².